The minimum absolute atomic E-state index is 0.500. The van der Waals surface area contributed by atoms with Crippen LogP contribution in [0, 0.1) is 0 Å². The van der Waals surface area contributed by atoms with E-state index >= 15 is 0 Å². The minimum atomic E-state index is -9.81. The van der Waals surface area contributed by atoms with E-state index in [-0.39, 0.29) is 0 Å². The van der Waals surface area contributed by atoms with E-state index in [0.717, 1.165) is 0 Å². The Morgan fingerprint density at radius 2 is 0.351 bits per heavy atom. The first kappa shape index (κ1) is 55.4. The molecule has 344 valence electrons. The van der Waals surface area contributed by atoms with E-state index in [0.29, 0.717) is 4.74 Å². The van der Waals surface area contributed by atoms with Gasteiger partial charge in [0, 0.05) is 0 Å². The summed E-state index contributed by atoms with van der Waals surface area (Å²) in [6, 6.07) is 0. The summed E-state index contributed by atoms with van der Waals surface area (Å²) in [6.07, 6.45) is -53.1. The lowest BCUT2D eigenvalue weighted by atomic mass is 9.86. The fourth-order valence-corrected chi connectivity index (χ4v) is 4.70. The van der Waals surface area contributed by atoms with Crippen molar-refractivity contribution in [3.63, 3.8) is 0 Å². The van der Waals surface area contributed by atoms with Crippen LogP contribution >= 0.6 is 31.9 Å². The zero-order valence-corrected chi connectivity index (χ0v) is 26.9. The fourth-order valence-electron chi connectivity index (χ4n) is 3.30. The molecule has 39 heteroatoms. The molecule has 2 atom stereocenters. The zero-order chi connectivity index (χ0) is 47.7. The fraction of sp³-hybridized carbons (Fsp3) is 1.00. The highest BCUT2D eigenvalue weighted by atomic mass is 79.9. The summed E-state index contributed by atoms with van der Waals surface area (Å²) in [5, 5.41) is 0. The van der Waals surface area contributed by atoms with Gasteiger partial charge in [0.1, 0.15) is 0 Å². The van der Waals surface area contributed by atoms with Crippen LogP contribution in [0.25, 0.3) is 0 Å². The van der Waals surface area contributed by atoms with Gasteiger partial charge < -0.3 is 0 Å². The van der Waals surface area contributed by atoms with E-state index < -0.39 is 137 Å². The Labute approximate surface area is 300 Å². The molecule has 0 aromatic heterocycles. The summed E-state index contributed by atoms with van der Waals surface area (Å²) in [4.78, 5) is 0. The highest BCUT2D eigenvalue weighted by Gasteiger charge is 3.00. The van der Waals surface area contributed by atoms with Crippen molar-refractivity contribution in [1.29, 1.82) is 0 Å². The Balaban J connectivity index is 7.68. The lowest BCUT2D eigenvalue weighted by molar-refractivity contribution is -0.525. The molecule has 0 N–H and O–H groups in total. The van der Waals surface area contributed by atoms with Crippen LogP contribution in [-0.2, 0) is 4.74 Å². The first-order valence-electron chi connectivity index (χ1n) is 11.6. The highest BCUT2D eigenvalue weighted by Crippen LogP contribution is 2.70. The van der Waals surface area contributed by atoms with E-state index in [4.69, 9.17) is 0 Å². The SMILES string of the molecule is FC(F)(F)C(F)(C(F)(F)F)C(F)(Br)C(F)(F)C(F)(F)C(F)(F)C(F)(F)C(F)(F)OC(F)(F)C(F)(F)C(F)(F)C(F)(F)C(F)(F)C(F)(Br)C(F)(C(F)(F)F)C(F)(F)F. The maximum Gasteiger partial charge on any atom is 0.436 e. The van der Waals surface area contributed by atoms with Crippen molar-refractivity contribution in [2.24, 2.45) is 0 Å². The molecular formula is C18Br2F36O. The second-order valence-electron chi connectivity index (χ2n) is 10.2. The first-order chi connectivity index (χ1) is 23.7. The van der Waals surface area contributed by atoms with Crippen LogP contribution in [0.5, 0.6) is 0 Å². The monoisotopic (exact) mass is 1070 g/mol. The molecule has 0 bridgehead atoms. The van der Waals surface area contributed by atoms with Crippen LogP contribution in [0.1, 0.15) is 0 Å². The molecule has 0 radical (unpaired) electrons. The summed E-state index contributed by atoms with van der Waals surface area (Å²) < 4.78 is 469. The largest absolute Gasteiger partial charge is 0.436 e. The smallest absolute Gasteiger partial charge is 0.245 e. The van der Waals surface area contributed by atoms with Crippen molar-refractivity contribution in [1.82, 2.24) is 0 Å². The van der Waals surface area contributed by atoms with Crippen molar-refractivity contribution in [3.8, 4) is 0 Å². The molecule has 0 aromatic rings. The second kappa shape index (κ2) is 13.4. The first-order valence-corrected chi connectivity index (χ1v) is 13.2. The molecule has 0 aliphatic rings. The number of hydrogen-bond donors (Lipinski definition) is 0. The Morgan fingerprint density at radius 1 is 0.211 bits per heavy atom. The Hall–Kier alpha value is -1.60. The minimum Gasteiger partial charge on any atom is -0.245 e. The number of hydrogen-bond acceptors (Lipinski definition) is 1. The van der Waals surface area contributed by atoms with Crippen LogP contribution in [0.2, 0.25) is 0 Å². The molecule has 0 spiro atoms. The van der Waals surface area contributed by atoms with Gasteiger partial charge in [0.05, 0.1) is 0 Å². The van der Waals surface area contributed by atoms with Gasteiger partial charge in [0.2, 0.25) is 0 Å². The number of rotatable bonds is 14. The highest BCUT2D eigenvalue weighted by molar-refractivity contribution is 9.10. The molecule has 0 rings (SSSR count). The van der Waals surface area contributed by atoms with Crippen LogP contribution in [0.15, 0.2) is 0 Å². The summed E-state index contributed by atoms with van der Waals surface area (Å²) in [7, 11) is 0. The summed E-state index contributed by atoms with van der Waals surface area (Å²) >= 11 is -0.999. The summed E-state index contributed by atoms with van der Waals surface area (Å²) in [5.41, 5.74) is -17.7. The van der Waals surface area contributed by atoms with Gasteiger partial charge in [-0.15, -0.1) is 0 Å². The van der Waals surface area contributed by atoms with Crippen molar-refractivity contribution in [2.75, 3.05) is 0 Å². The van der Waals surface area contributed by atoms with Gasteiger partial charge >= 0.3 is 95.6 Å². The van der Waals surface area contributed by atoms with Crippen molar-refractivity contribution in [2.45, 2.75) is 105 Å². The maximum absolute atomic E-state index is 14.1. The molecule has 0 amide bonds. The van der Waals surface area contributed by atoms with Crippen molar-refractivity contribution in [3.05, 3.63) is 0 Å². The second-order valence-corrected chi connectivity index (χ2v) is 12.4. The normalized spacial score (nSPS) is 19.1. The Kier molecular flexibility index (Phi) is 13.1. The third-order valence-electron chi connectivity index (χ3n) is 6.57. The van der Waals surface area contributed by atoms with E-state index in [1.807, 2.05) is 0 Å². The summed E-state index contributed by atoms with van der Waals surface area (Å²) in [6.45, 7) is 0. The standard InChI is InChI=1S/C18Br2F36O/c19-3(23,1(21,13(41,42)43)14(44,45)46)5(25,26)7(29,30)9(33,34)11(37,38)17(53,54)57-18(55,56)12(39,40)10(35,36)8(31,32)6(27,28)4(20,24)2(22,15(47,48)49)16(50,51)52. The van der Waals surface area contributed by atoms with Crippen LogP contribution in [-0.4, -0.2) is 105 Å². The molecule has 0 aliphatic heterocycles. The molecule has 2 unspecified atom stereocenters. The van der Waals surface area contributed by atoms with Gasteiger partial charge in [-0.05, 0) is 31.9 Å². The topological polar surface area (TPSA) is 9.23 Å². The molecule has 0 saturated heterocycles. The predicted molar refractivity (Wildman–Crippen MR) is 108 cm³/mol. The Bertz CT molecular complexity index is 1320. The van der Waals surface area contributed by atoms with Gasteiger partial charge in [-0.2, -0.15) is 140 Å². The zero-order valence-electron chi connectivity index (χ0n) is 23.8. The average molecular weight is 1080 g/mol. The van der Waals surface area contributed by atoms with Crippen LogP contribution in [0.3, 0.4) is 0 Å². The van der Waals surface area contributed by atoms with E-state index in [1.54, 1.807) is 0 Å². The number of halogens is 38. The lowest BCUT2D eigenvalue weighted by Gasteiger charge is -2.47. The molecule has 1 nitrogen and oxygen atoms in total. The third kappa shape index (κ3) is 6.78. The predicted octanol–water partition coefficient (Wildman–Crippen LogP) is 13.1. The van der Waals surface area contributed by atoms with Gasteiger partial charge in [-0.1, -0.05) is 0 Å². The van der Waals surface area contributed by atoms with Gasteiger partial charge in [-0.25, -0.2) is 22.3 Å². The van der Waals surface area contributed by atoms with Gasteiger partial charge in [-0.3, -0.25) is 0 Å². The van der Waals surface area contributed by atoms with Crippen molar-refractivity contribution >= 4 is 31.9 Å². The van der Waals surface area contributed by atoms with Crippen LogP contribution in [0.4, 0.5) is 158 Å². The lowest BCUT2D eigenvalue weighted by Crippen LogP contribution is -2.78. The molecular weight excluding hydrogens is 1080 g/mol. The molecule has 0 aromatic carbocycles. The number of ether oxygens (including phenoxy) is 1. The van der Waals surface area contributed by atoms with Crippen molar-refractivity contribution < 1.29 is 163 Å². The molecule has 0 aliphatic carbocycles. The number of alkyl halides is 38. The molecule has 57 heavy (non-hydrogen) atoms. The maximum atomic E-state index is 14.1. The van der Waals surface area contributed by atoms with Gasteiger partial charge in [0.15, 0.2) is 0 Å². The van der Waals surface area contributed by atoms with E-state index in [1.165, 1.54) is 0 Å². The van der Waals surface area contributed by atoms with Gasteiger partial charge in [0.25, 0.3) is 9.16 Å². The quantitative estimate of drug-likeness (QED) is 0.124. The molecule has 0 fully saturated rings. The Morgan fingerprint density at radius 3 is 0.491 bits per heavy atom. The van der Waals surface area contributed by atoms with E-state index in [2.05, 4.69) is 0 Å². The molecule has 0 heterocycles. The van der Waals surface area contributed by atoms with E-state index in [9.17, 15) is 158 Å². The average Bonchev–Trinajstić information content (AvgIpc) is 2.91. The van der Waals surface area contributed by atoms with Crippen LogP contribution < -0.4 is 0 Å². The summed E-state index contributed by atoms with van der Waals surface area (Å²) in [5.74, 6) is -77.3. The molecule has 0 saturated carbocycles. The third-order valence-corrected chi connectivity index (χ3v) is 8.66.